The maximum atomic E-state index is 12.4. The van der Waals surface area contributed by atoms with Crippen LogP contribution in [-0.4, -0.2) is 12.5 Å². The second kappa shape index (κ2) is 5.70. The first-order valence-corrected chi connectivity index (χ1v) is 7.13. The monoisotopic (exact) mass is 307 g/mol. The van der Waals surface area contributed by atoms with Crippen molar-refractivity contribution in [2.75, 3.05) is 6.54 Å². The van der Waals surface area contributed by atoms with E-state index in [9.17, 15) is 4.79 Å². The third-order valence-electron chi connectivity index (χ3n) is 3.70. The molecule has 18 heavy (non-hydrogen) atoms. The summed E-state index contributed by atoms with van der Waals surface area (Å²) < 4.78 is 1.05. The molecule has 0 radical (unpaired) electrons. The number of halogens is 1. The molecule has 1 amide bonds. The highest BCUT2D eigenvalue weighted by atomic mass is 79.9. The summed E-state index contributed by atoms with van der Waals surface area (Å²) in [6, 6.07) is 8.14. The molecule has 3 heteroatoms. The second-order valence-corrected chi connectivity index (χ2v) is 5.71. The number of amides is 1. The Balaban J connectivity index is 2.28. The Morgan fingerprint density at radius 1 is 1.33 bits per heavy atom. The van der Waals surface area contributed by atoms with Gasteiger partial charge in [-0.3, -0.25) is 4.79 Å². The Morgan fingerprint density at radius 2 is 1.94 bits per heavy atom. The fourth-order valence-corrected chi connectivity index (χ4v) is 2.99. The van der Waals surface area contributed by atoms with Crippen LogP contribution >= 0.6 is 15.9 Å². The van der Waals surface area contributed by atoms with Gasteiger partial charge in [-0.2, -0.15) is 0 Å². The van der Waals surface area contributed by atoms with Gasteiger partial charge in [-0.05, 0) is 30.5 Å². The Labute approximate surface area is 117 Å². The van der Waals surface area contributed by atoms with Crippen LogP contribution in [0.3, 0.4) is 0 Å². The van der Waals surface area contributed by atoms with Gasteiger partial charge >= 0.3 is 0 Å². The number of hydrogen-bond donors (Lipinski definition) is 1. The van der Waals surface area contributed by atoms with Gasteiger partial charge in [-0.25, -0.2) is 0 Å². The molecule has 2 nitrogen and oxygen atoms in total. The van der Waals surface area contributed by atoms with Crippen molar-refractivity contribution in [3.05, 3.63) is 47.0 Å². The quantitative estimate of drug-likeness (QED) is 0.847. The molecule has 1 aromatic carbocycles. The maximum Gasteiger partial charge on any atom is 0.230 e. The molecule has 1 saturated carbocycles. The van der Waals surface area contributed by atoms with E-state index in [1.54, 1.807) is 6.08 Å². The molecule has 0 heterocycles. The predicted molar refractivity (Wildman–Crippen MR) is 77.5 cm³/mol. The molecule has 0 aliphatic heterocycles. The van der Waals surface area contributed by atoms with Crippen molar-refractivity contribution in [3.8, 4) is 0 Å². The molecular weight excluding hydrogens is 290 g/mol. The molecule has 1 aromatic rings. The fourth-order valence-electron chi connectivity index (χ4n) is 2.73. The standard InChI is InChI=1S/C15H18BrNO/c1-2-11-17-14(18)15(9-3-4-10-15)12-5-7-13(16)8-6-12/h2,5-8H,1,3-4,9-11H2,(H,17,18). The van der Waals surface area contributed by atoms with Crippen molar-refractivity contribution in [2.45, 2.75) is 31.1 Å². The third-order valence-corrected chi connectivity index (χ3v) is 4.22. The highest BCUT2D eigenvalue weighted by Crippen LogP contribution is 2.41. The lowest BCUT2D eigenvalue weighted by molar-refractivity contribution is -0.126. The van der Waals surface area contributed by atoms with Crippen LogP contribution in [0.25, 0.3) is 0 Å². The molecule has 0 unspecified atom stereocenters. The van der Waals surface area contributed by atoms with E-state index < -0.39 is 0 Å². The van der Waals surface area contributed by atoms with E-state index in [1.165, 1.54) is 0 Å². The Kier molecular flexibility index (Phi) is 4.23. The van der Waals surface area contributed by atoms with Crippen molar-refractivity contribution in [1.29, 1.82) is 0 Å². The Bertz CT molecular complexity index is 432. The van der Waals surface area contributed by atoms with E-state index >= 15 is 0 Å². The maximum absolute atomic E-state index is 12.4. The third kappa shape index (κ3) is 2.51. The van der Waals surface area contributed by atoms with Crippen LogP contribution in [-0.2, 0) is 10.2 Å². The van der Waals surface area contributed by atoms with Crippen molar-refractivity contribution < 1.29 is 4.79 Å². The summed E-state index contributed by atoms with van der Waals surface area (Å²) in [7, 11) is 0. The van der Waals surface area contributed by atoms with Gasteiger partial charge in [-0.1, -0.05) is 47.0 Å². The number of benzene rings is 1. The van der Waals surface area contributed by atoms with E-state index in [0.717, 1.165) is 35.7 Å². The minimum Gasteiger partial charge on any atom is -0.352 e. The average molecular weight is 308 g/mol. The van der Waals surface area contributed by atoms with Gasteiger partial charge in [0.15, 0.2) is 0 Å². The highest BCUT2D eigenvalue weighted by molar-refractivity contribution is 9.10. The van der Waals surface area contributed by atoms with Gasteiger partial charge in [0.2, 0.25) is 5.91 Å². The number of nitrogens with one attached hydrogen (secondary N) is 1. The summed E-state index contributed by atoms with van der Waals surface area (Å²) in [5.74, 6) is 0.141. The molecule has 1 N–H and O–H groups in total. The van der Waals surface area contributed by atoms with E-state index in [2.05, 4.69) is 40.0 Å². The van der Waals surface area contributed by atoms with Crippen molar-refractivity contribution >= 4 is 21.8 Å². The average Bonchev–Trinajstić information content (AvgIpc) is 2.87. The van der Waals surface area contributed by atoms with Crippen molar-refractivity contribution in [1.82, 2.24) is 5.32 Å². The summed E-state index contributed by atoms with van der Waals surface area (Å²) in [6.45, 7) is 4.18. The van der Waals surface area contributed by atoms with Crippen LogP contribution in [0, 0.1) is 0 Å². The van der Waals surface area contributed by atoms with Gasteiger partial charge in [-0.15, -0.1) is 6.58 Å². The first kappa shape index (κ1) is 13.3. The molecule has 0 saturated heterocycles. The van der Waals surface area contributed by atoms with Gasteiger partial charge in [0.05, 0.1) is 5.41 Å². The first-order chi connectivity index (χ1) is 8.69. The molecule has 2 rings (SSSR count). The lowest BCUT2D eigenvalue weighted by atomic mass is 9.78. The number of rotatable bonds is 4. The number of carbonyl (C=O) groups is 1. The molecule has 1 aliphatic carbocycles. The van der Waals surface area contributed by atoms with Crippen LogP contribution in [0.1, 0.15) is 31.2 Å². The van der Waals surface area contributed by atoms with Crippen molar-refractivity contribution in [2.24, 2.45) is 0 Å². The molecule has 0 bridgehead atoms. The van der Waals surface area contributed by atoms with Crippen LogP contribution in [0.2, 0.25) is 0 Å². The second-order valence-electron chi connectivity index (χ2n) is 4.79. The largest absolute Gasteiger partial charge is 0.352 e. The zero-order valence-corrected chi connectivity index (χ0v) is 12.0. The van der Waals surface area contributed by atoms with E-state index in [4.69, 9.17) is 0 Å². The molecule has 0 atom stereocenters. The Morgan fingerprint density at radius 3 is 2.50 bits per heavy atom. The summed E-state index contributed by atoms with van der Waals surface area (Å²) >= 11 is 3.44. The molecule has 0 spiro atoms. The van der Waals surface area contributed by atoms with E-state index in [1.807, 2.05) is 12.1 Å². The summed E-state index contributed by atoms with van der Waals surface area (Å²) in [5, 5.41) is 2.96. The van der Waals surface area contributed by atoms with E-state index in [0.29, 0.717) is 6.54 Å². The van der Waals surface area contributed by atoms with E-state index in [-0.39, 0.29) is 11.3 Å². The molecule has 1 aliphatic rings. The summed E-state index contributed by atoms with van der Waals surface area (Å²) in [4.78, 5) is 12.4. The summed E-state index contributed by atoms with van der Waals surface area (Å²) in [5.41, 5.74) is 0.800. The zero-order valence-electron chi connectivity index (χ0n) is 10.4. The molecule has 96 valence electrons. The van der Waals surface area contributed by atoms with Gasteiger partial charge < -0.3 is 5.32 Å². The zero-order chi connectivity index (χ0) is 13.0. The van der Waals surface area contributed by atoms with Crippen LogP contribution < -0.4 is 5.32 Å². The first-order valence-electron chi connectivity index (χ1n) is 6.34. The van der Waals surface area contributed by atoms with Gasteiger partial charge in [0.25, 0.3) is 0 Å². The van der Waals surface area contributed by atoms with Gasteiger partial charge in [0, 0.05) is 11.0 Å². The lowest BCUT2D eigenvalue weighted by Gasteiger charge is -2.28. The smallest absolute Gasteiger partial charge is 0.230 e. The predicted octanol–water partition coefficient (Wildman–Crippen LogP) is 3.56. The molecule has 1 fully saturated rings. The number of hydrogen-bond acceptors (Lipinski definition) is 1. The minimum absolute atomic E-state index is 0.141. The van der Waals surface area contributed by atoms with Crippen molar-refractivity contribution in [3.63, 3.8) is 0 Å². The molecule has 0 aromatic heterocycles. The number of carbonyl (C=O) groups excluding carboxylic acids is 1. The Hall–Kier alpha value is -1.09. The SMILES string of the molecule is C=CCNC(=O)C1(c2ccc(Br)cc2)CCCC1. The lowest BCUT2D eigenvalue weighted by Crippen LogP contribution is -2.42. The normalized spacial score (nSPS) is 17.4. The van der Waals surface area contributed by atoms with Gasteiger partial charge in [0.1, 0.15) is 0 Å². The van der Waals surface area contributed by atoms with Crippen LogP contribution in [0.4, 0.5) is 0 Å². The topological polar surface area (TPSA) is 29.1 Å². The highest BCUT2D eigenvalue weighted by Gasteiger charge is 2.42. The van der Waals surface area contributed by atoms with Crippen LogP contribution in [0.5, 0.6) is 0 Å². The fraction of sp³-hybridized carbons (Fsp3) is 0.400. The summed E-state index contributed by atoms with van der Waals surface area (Å²) in [6.07, 6.45) is 5.85. The minimum atomic E-state index is -0.330. The molecular formula is C15H18BrNO. The van der Waals surface area contributed by atoms with Crippen LogP contribution in [0.15, 0.2) is 41.4 Å².